The first-order valence-corrected chi connectivity index (χ1v) is 7.46. The van der Waals surface area contributed by atoms with Crippen LogP contribution in [0.25, 0.3) is 0 Å². The molecule has 0 aliphatic heterocycles. The van der Waals surface area contributed by atoms with Crippen LogP contribution >= 0.6 is 11.6 Å². The average Bonchev–Trinajstić information content (AvgIpc) is 2.36. The number of nitrogens with one attached hydrogen (secondary N) is 1. The van der Waals surface area contributed by atoms with Crippen molar-refractivity contribution < 1.29 is 31.4 Å². The molecule has 0 radical (unpaired) electrons. The first kappa shape index (κ1) is 18.2. The van der Waals surface area contributed by atoms with E-state index in [-0.39, 0.29) is 11.6 Å². The van der Waals surface area contributed by atoms with Gasteiger partial charge in [-0.2, -0.15) is 13.2 Å². The molecule has 0 fully saturated rings. The molecule has 0 aliphatic carbocycles. The average molecular weight is 348 g/mol. The van der Waals surface area contributed by atoms with E-state index < -0.39 is 39.3 Å². The molecule has 1 unspecified atom stereocenters. The van der Waals surface area contributed by atoms with Gasteiger partial charge in [0.2, 0.25) is 10.0 Å². The molecule has 10 heteroatoms. The van der Waals surface area contributed by atoms with Gasteiger partial charge in [-0.3, -0.25) is 0 Å². The fraction of sp³-hybridized carbons (Fsp3) is 0.455. The van der Waals surface area contributed by atoms with Gasteiger partial charge in [-0.1, -0.05) is 11.6 Å². The number of aliphatic hydroxyl groups excluding tert-OH is 1. The van der Waals surface area contributed by atoms with Gasteiger partial charge >= 0.3 is 6.18 Å². The Morgan fingerprint density at radius 3 is 2.52 bits per heavy atom. The van der Waals surface area contributed by atoms with Crippen molar-refractivity contribution in [1.82, 2.24) is 4.72 Å². The van der Waals surface area contributed by atoms with Gasteiger partial charge in [0.05, 0.1) is 29.7 Å². The maximum Gasteiger partial charge on any atom is 0.417 e. The van der Waals surface area contributed by atoms with Gasteiger partial charge in [-0.15, -0.1) is 0 Å². The Morgan fingerprint density at radius 1 is 1.43 bits per heavy atom. The van der Waals surface area contributed by atoms with Crippen LogP contribution < -0.4 is 4.72 Å². The van der Waals surface area contributed by atoms with Crippen LogP contribution in [0.1, 0.15) is 5.56 Å². The maximum atomic E-state index is 12.9. The minimum absolute atomic E-state index is 0.190. The van der Waals surface area contributed by atoms with Crippen molar-refractivity contribution in [2.75, 3.05) is 20.3 Å². The van der Waals surface area contributed by atoms with Crippen LogP contribution in [0.3, 0.4) is 0 Å². The summed E-state index contributed by atoms with van der Waals surface area (Å²) in [5.41, 5.74) is -1.38. The summed E-state index contributed by atoms with van der Waals surface area (Å²) in [6, 6.07) is 1.27. The molecular formula is C11H13ClF3NO4S. The fourth-order valence-electron chi connectivity index (χ4n) is 1.57. The third kappa shape index (κ3) is 4.82. The summed E-state index contributed by atoms with van der Waals surface area (Å²) < 4.78 is 69.4. The van der Waals surface area contributed by atoms with E-state index in [1.54, 1.807) is 0 Å². The van der Waals surface area contributed by atoms with Crippen LogP contribution in [0.2, 0.25) is 5.02 Å². The van der Waals surface area contributed by atoms with Gasteiger partial charge in [0, 0.05) is 12.1 Å². The molecule has 0 aromatic heterocycles. The molecule has 0 bridgehead atoms. The molecule has 0 saturated heterocycles. The third-order valence-electron chi connectivity index (χ3n) is 2.45. The zero-order valence-corrected chi connectivity index (χ0v) is 12.4. The Bertz CT molecular complexity index is 592. The predicted molar refractivity (Wildman–Crippen MR) is 69.5 cm³/mol. The molecule has 120 valence electrons. The first-order valence-electron chi connectivity index (χ1n) is 5.60. The summed E-state index contributed by atoms with van der Waals surface area (Å²) in [6.07, 6.45) is -4.88. The number of alkyl halides is 3. The number of hydrogen-bond acceptors (Lipinski definition) is 4. The number of hydrogen-bond donors (Lipinski definition) is 2. The van der Waals surface area contributed by atoms with Gasteiger partial charge in [0.25, 0.3) is 0 Å². The molecule has 0 spiro atoms. The van der Waals surface area contributed by atoms with E-state index in [4.69, 9.17) is 16.7 Å². The number of benzene rings is 1. The molecule has 0 aliphatic rings. The zero-order valence-electron chi connectivity index (χ0n) is 10.8. The van der Waals surface area contributed by atoms with Gasteiger partial charge < -0.3 is 9.84 Å². The van der Waals surface area contributed by atoms with Crippen LogP contribution in [0, 0.1) is 0 Å². The fourth-order valence-corrected chi connectivity index (χ4v) is 3.16. The van der Waals surface area contributed by atoms with E-state index in [1.807, 2.05) is 4.72 Å². The van der Waals surface area contributed by atoms with Crippen molar-refractivity contribution in [3.05, 3.63) is 28.8 Å². The van der Waals surface area contributed by atoms with E-state index in [9.17, 15) is 21.6 Å². The second-order valence-corrected chi connectivity index (χ2v) is 6.21. The van der Waals surface area contributed by atoms with E-state index in [0.29, 0.717) is 6.07 Å². The SMILES string of the molecule is COCC(CO)NS(=O)(=O)c1ccc(Cl)cc1C(F)(F)F. The Morgan fingerprint density at radius 2 is 2.05 bits per heavy atom. The monoisotopic (exact) mass is 347 g/mol. The summed E-state index contributed by atoms with van der Waals surface area (Å²) >= 11 is 5.48. The second-order valence-electron chi connectivity index (χ2n) is 4.09. The van der Waals surface area contributed by atoms with Crippen LogP contribution in [0.4, 0.5) is 13.2 Å². The maximum absolute atomic E-state index is 12.9. The number of methoxy groups -OCH3 is 1. The quantitative estimate of drug-likeness (QED) is 0.820. The largest absolute Gasteiger partial charge is 0.417 e. The molecule has 5 nitrogen and oxygen atoms in total. The topological polar surface area (TPSA) is 75.6 Å². The van der Waals surface area contributed by atoms with Crippen LogP contribution in [-0.2, 0) is 20.9 Å². The van der Waals surface area contributed by atoms with Crippen LogP contribution in [-0.4, -0.2) is 39.9 Å². The lowest BCUT2D eigenvalue weighted by atomic mass is 10.2. The minimum Gasteiger partial charge on any atom is -0.395 e. The number of ether oxygens (including phenoxy) is 1. The van der Waals surface area contributed by atoms with Gasteiger partial charge in [-0.25, -0.2) is 13.1 Å². The Hall–Kier alpha value is -0.870. The zero-order chi connectivity index (χ0) is 16.3. The van der Waals surface area contributed by atoms with Gasteiger partial charge in [0.1, 0.15) is 0 Å². The molecule has 21 heavy (non-hydrogen) atoms. The standard InChI is InChI=1S/C11H13ClF3NO4S/c1-20-6-8(5-17)16-21(18,19)10-3-2-7(12)4-9(10)11(13,14)15/h2-4,8,16-17H,5-6H2,1H3. The minimum atomic E-state index is -4.88. The summed E-state index contributed by atoms with van der Waals surface area (Å²) in [6.45, 7) is -0.813. The van der Waals surface area contributed by atoms with E-state index in [0.717, 1.165) is 12.1 Å². The molecule has 1 atom stereocenters. The van der Waals surface area contributed by atoms with Crippen molar-refractivity contribution >= 4 is 21.6 Å². The summed E-state index contributed by atoms with van der Waals surface area (Å²) in [4.78, 5) is -0.964. The highest BCUT2D eigenvalue weighted by molar-refractivity contribution is 7.89. The smallest absolute Gasteiger partial charge is 0.395 e. The number of aliphatic hydroxyl groups is 1. The predicted octanol–water partition coefficient (Wildman–Crippen LogP) is 1.64. The Balaban J connectivity index is 3.26. The summed E-state index contributed by atoms with van der Waals surface area (Å²) in [7, 11) is -3.23. The highest BCUT2D eigenvalue weighted by Crippen LogP contribution is 2.35. The van der Waals surface area contributed by atoms with E-state index in [1.165, 1.54) is 7.11 Å². The second kappa shape index (κ2) is 6.93. The van der Waals surface area contributed by atoms with Gasteiger partial charge in [0.15, 0.2) is 0 Å². The number of halogens is 4. The molecule has 1 rings (SSSR count). The van der Waals surface area contributed by atoms with Crippen molar-refractivity contribution in [3.63, 3.8) is 0 Å². The lowest BCUT2D eigenvalue weighted by Crippen LogP contribution is -2.41. The number of rotatable bonds is 6. The van der Waals surface area contributed by atoms with Crippen molar-refractivity contribution in [2.45, 2.75) is 17.1 Å². The van der Waals surface area contributed by atoms with Crippen LogP contribution in [0.15, 0.2) is 23.1 Å². The molecule has 0 heterocycles. The Kier molecular flexibility index (Phi) is 6.00. The lowest BCUT2D eigenvalue weighted by Gasteiger charge is -2.18. The molecule has 2 N–H and O–H groups in total. The van der Waals surface area contributed by atoms with E-state index in [2.05, 4.69) is 4.74 Å². The molecule has 1 aromatic carbocycles. The highest BCUT2D eigenvalue weighted by atomic mass is 35.5. The van der Waals surface area contributed by atoms with Crippen LogP contribution in [0.5, 0.6) is 0 Å². The lowest BCUT2D eigenvalue weighted by molar-refractivity contribution is -0.139. The summed E-state index contributed by atoms with van der Waals surface area (Å²) in [5, 5.41) is 8.75. The van der Waals surface area contributed by atoms with Crippen molar-refractivity contribution in [3.8, 4) is 0 Å². The van der Waals surface area contributed by atoms with Crippen molar-refractivity contribution in [2.24, 2.45) is 0 Å². The highest BCUT2D eigenvalue weighted by Gasteiger charge is 2.38. The first-order chi connectivity index (χ1) is 9.61. The molecular weight excluding hydrogens is 335 g/mol. The molecule has 0 saturated carbocycles. The summed E-state index contributed by atoms with van der Waals surface area (Å²) in [5.74, 6) is 0. The third-order valence-corrected chi connectivity index (χ3v) is 4.26. The van der Waals surface area contributed by atoms with Crippen molar-refractivity contribution in [1.29, 1.82) is 0 Å². The van der Waals surface area contributed by atoms with E-state index >= 15 is 0 Å². The molecule has 0 amide bonds. The van der Waals surface area contributed by atoms with Gasteiger partial charge in [-0.05, 0) is 18.2 Å². The normalized spacial score (nSPS) is 14.2. The molecule has 1 aromatic rings. The number of sulfonamides is 1. The Labute approximate surface area is 124 Å².